The van der Waals surface area contributed by atoms with Crippen LogP contribution in [-0.4, -0.2) is 28.8 Å². The van der Waals surface area contributed by atoms with Crippen LogP contribution in [0.25, 0.3) is 20.3 Å². The van der Waals surface area contributed by atoms with Crippen molar-refractivity contribution >= 4 is 51.7 Å². The van der Waals surface area contributed by atoms with E-state index in [0.717, 1.165) is 46.1 Å². The second-order valence-corrected chi connectivity index (χ2v) is 11.5. The fraction of sp³-hybridized carbons (Fsp3) is 0.250. The molecular formula is C24H21N3O3S4. The number of nitriles is 1. The first-order chi connectivity index (χ1) is 16.6. The van der Waals surface area contributed by atoms with Gasteiger partial charge in [-0.05, 0) is 55.0 Å². The summed E-state index contributed by atoms with van der Waals surface area (Å²) >= 11 is 6.16. The van der Waals surface area contributed by atoms with E-state index in [-0.39, 0.29) is 11.5 Å². The van der Waals surface area contributed by atoms with Gasteiger partial charge in [-0.3, -0.25) is 4.79 Å². The number of esters is 1. The minimum absolute atomic E-state index is 0.0474. The molecule has 1 N–H and O–H groups in total. The molecule has 0 aromatic carbocycles. The lowest BCUT2D eigenvalue weighted by atomic mass is 10.2. The number of nitrogens with one attached hydrogen (secondary N) is 1. The molecule has 0 saturated heterocycles. The molecule has 6 nitrogen and oxygen atoms in total. The van der Waals surface area contributed by atoms with E-state index in [9.17, 15) is 14.9 Å². The number of ether oxygens (including phenoxy) is 1. The molecule has 0 aliphatic heterocycles. The van der Waals surface area contributed by atoms with Crippen LogP contribution in [0.2, 0.25) is 0 Å². The number of rotatable bonds is 10. The van der Waals surface area contributed by atoms with Crippen LogP contribution < -0.4 is 5.56 Å². The topological polar surface area (TPSA) is 95.8 Å². The van der Waals surface area contributed by atoms with Gasteiger partial charge in [0.2, 0.25) is 0 Å². The zero-order chi connectivity index (χ0) is 23.9. The van der Waals surface area contributed by atoms with Crippen LogP contribution in [0.15, 0.2) is 51.7 Å². The minimum atomic E-state index is -0.403. The molecule has 0 amide bonds. The number of carbonyl (C=O) groups excluding carboxylic acids is 1. The SMILES string of the molecule is COC(=O)c1ccc(CCCCCSc2nc(-c3ccc(-c4cccs4)s3)c(C#N)c(=O)[nH]2)s1. The van der Waals surface area contributed by atoms with Crippen molar-refractivity contribution in [2.45, 2.75) is 30.8 Å². The lowest BCUT2D eigenvalue weighted by molar-refractivity contribution is 0.0606. The molecule has 0 spiro atoms. The number of aromatic nitrogens is 2. The van der Waals surface area contributed by atoms with E-state index in [1.807, 2.05) is 41.8 Å². The summed E-state index contributed by atoms with van der Waals surface area (Å²) in [6.07, 6.45) is 3.94. The molecule has 0 bridgehead atoms. The Morgan fingerprint density at radius 1 is 1.12 bits per heavy atom. The lowest BCUT2D eigenvalue weighted by Crippen LogP contribution is -2.14. The van der Waals surface area contributed by atoms with Crippen molar-refractivity contribution in [2.75, 3.05) is 12.9 Å². The van der Waals surface area contributed by atoms with E-state index < -0.39 is 5.56 Å². The average molecular weight is 528 g/mol. The number of unbranched alkanes of at least 4 members (excludes halogenated alkanes) is 2. The van der Waals surface area contributed by atoms with E-state index in [0.29, 0.717) is 15.7 Å². The molecule has 4 aromatic heterocycles. The van der Waals surface area contributed by atoms with Crippen molar-refractivity contribution in [3.63, 3.8) is 0 Å². The third-order valence-corrected chi connectivity index (χ3v) is 9.21. The van der Waals surface area contributed by atoms with E-state index in [2.05, 4.69) is 16.0 Å². The Labute approximate surface area is 213 Å². The van der Waals surface area contributed by atoms with Crippen LogP contribution in [0, 0.1) is 11.3 Å². The molecule has 4 rings (SSSR count). The van der Waals surface area contributed by atoms with Gasteiger partial charge < -0.3 is 9.72 Å². The first-order valence-electron chi connectivity index (χ1n) is 10.6. The highest BCUT2D eigenvalue weighted by atomic mass is 32.2. The third-order valence-electron chi connectivity index (χ3n) is 4.97. The number of aryl methyl sites for hydroxylation is 1. The number of thioether (sulfide) groups is 1. The van der Waals surface area contributed by atoms with Crippen LogP contribution in [0.4, 0.5) is 0 Å². The molecule has 174 valence electrons. The zero-order valence-electron chi connectivity index (χ0n) is 18.3. The molecule has 0 aliphatic carbocycles. The second-order valence-electron chi connectivity index (χ2n) is 7.26. The molecule has 0 atom stereocenters. The van der Waals surface area contributed by atoms with Gasteiger partial charge in [0.05, 0.1) is 12.0 Å². The predicted octanol–water partition coefficient (Wildman–Crippen LogP) is 6.45. The van der Waals surface area contributed by atoms with Crippen LogP contribution in [-0.2, 0) is 11.2 Å². The molecule has 0 saturated carbocycles. The molecule has 0 aliphatic rings. The van der Waals surface area contributed by atoms with Crippen LogP contribution >= 0.6 is 45.8 Å². The standard InChI is InChI=1S/C24H21N3O3S4/c1-30-23(29)20-9-8-15(33-20)6-3-2-4-12-32-24-26-21(16(14-25)22(28)27-24)19-11-10-18(34-19)17-7-5-13-31-17/h5,7-11,13H,2-4,6,12H2,1H3,(H,26,27,28). The van der Waals surface area contributed by atoms with Crippen LogP contribution in [0.1, 0.15) is 39.4 Å². The van der Waals surface area contributed by atoms with E-state index in [4.69, 9.17) is 4.74 Å². The molecule has 10 heteroatoms. The quantitative estimate of drug-likeness (QED) is 0.110. The Morgan fingerprint density at radius 2 is 1.97 bits per heavy atom. The van der Waals surface area contributed by atoms with E-state index in [1.165, 1.54) is 46.4 Å². The zero-order valence-corrected chi connectivity index (χ0v) is 21.6. The average Bonchev–Trinajstić information content (AvgIpc) is 3.61. The van der Waals surface area contributed by atoms with E-state index in [1.54, 1.807) is 11.3 Å². The van der Waals surface area contributed by atoms with Crippen molar-refractivity contribution in [2.24, 2.45) is 0 Å². The lowest BCUT2D eigenvalue weighted by Gasteiger charge is -2.05. The maximum atomic E-state index is 12.5. The van der Waals surface area contributed by atoms with Gasteiger partial charge in [0.25, 0.3) is 5.56 Å². The van der Waals surface area contributed by atoms with Gasteiger partial charge in [-0.15, -0.1) is 34.0 Å². The summed E-state index contributed by atoms with van der Waals surface area (Å²) in [7, 11) is 1.39. The Bertz CT molecular complexity index is 1360. The fourth-order valence-electron chi connectivity index (χ4n) is 3.29. The van der Waals surface area contributed by atoms with Gasteiger partial charge >= 0.3 is 5.97 Å². The number of hydrogen-bond acceptors (Lipinski definition) is 9. The van der Waals surface area contributed by atoms with Crippen molar-refractivity contribution in [3.05, 3.63) is 67.4 Å². The Balaban J connectivity index is 1.34. The predicted molar refractivity (Wildman–Crippen MR) is 140 cm³/mol. The van der Waals surface area contributed by atoms with Gasteiger partial charge in [0, 0.05) is 20.4 Å². The number of carbonyl (C=O) groups is 1. The van der Waals surface area contributed by atoms with Crippen molar-refractivity contribution < 1.29 is 9.53 Å². The van der Waals surface area contributed by atoms with Crippen molar-refractivity contribution in [1.29, 1.82) is 5.26 Å². The third kappa shape index (κ3) is 5.85. The maximum Gasteiger partial charge on any atom is 0.348 e. The number of nitrogens with zero attached hydrogens (tertiary/aromatic N) is 2. The Hall–Kier alpha value is -2.71. The Morgan fingerprint density at radius 3 is 2.74 bits per heavy atom. The van der Waals surface area contributed by atoms with Gasteiger partial charge in [-0.25, -0.2) is 9.78 Å². The first-order valence-corrected chi connectivity index (χ1v) is 14.1. The monoisotopic (exact) mass is 527 g/mol. The van der Waals surface area contributed by atoms with Gasteiger partial charge in [0.15, 0.2) is 5.16 Å². The second kappa shape index (κ2) is 11.6. The number of H-pyrrole nitrogens is 1. The maximum absolute atomic E-state index is 12.5. The summed E-state index contributed by atoms with van der Waals surface area (Å²) in [6.45, 7) is 0. The smallest absolute Gasteiger partial charge is 0.348 e. The summed E-state index contributed by atoms with van der Waals surface area (Å²) in [5.41, 5.74) is 0.0899. The minimum Gasteiger partial charge on any atom is -0.465 e. The summed E-state index contributed by atoms with van der Waals surface area (Å²) < 4.78 is 4.75. The van der Waals surface area contributed by atoms with Gasteiger partial charge in [-0.2, -0.15) is 5.26 Å². The van der Waals surface area contributed by atoms with E-state index >= 15 is 0 Å². The summed E-state index contributed by atoms with van der Waals surface area (Å²) in [4.78, 5) is 36.3. The van der Waals surface area contributed by atoms with Crippen molar-refractivity contribution in [3.8, 4) is 26.4 Å². The number of hydrogen-bond donors (Lipinski definition) is 1. The summed E-state index contributed by atoms with van der Waals surface area (Å²) in [5.74, 6) is 0.526. The highest BCUT2D eigenvalue weighted by Crippen LogP contribution is 2.36. The number of methoxy groups -OCH3 is 1. The molecule has 4 heterocycles. The normalized spacial score (nSPS) is 10.8. The van der Waals surface area contributed by atoms with Crippen molar-refractivity contribution in [1.82, 2.24) is 9.97 Å². The highest BCUT2D eigenvalue weighted by molar-refractivity contribution is 7.99. The Kier molecular flexibility index (Phi) is 8.34. The molecule has 34 heavy (non-hydrogen) atoms. The van der Waals surface area contributed by atoms with Gasteiger partial charge in [-0.1, -0.05) is 24.2 Å². The molecular weight excluding hydrogens is 507 g/mol. The molecule has 4 aromatic rings. The number of aromatic amines is 1. The van der Waals surface area contributed by atoms with Crippen LogP contribution in [0.3, 0.4) is 0 Å². The van der Waals surface area contributed by atoms with Gasteiger partial charge in [0.1, 0.15) is 22.2 Å². The van der Waals surface area contributed by atoms with Crippen LogP contribution in [0.5, 0.6) is 0 Å². The summed E-state index contributed by atoms with van der Waals surface area (Å²) in [5, 5.41) is 12.1. The first kappa shape index (κ1) is 24.4. The fourth-order valence-corrected chi connectivity index (χ4v) is 6.96. The highest BCUT2D eigenvalue weighted by Gasteiger charge is 2.16. The largest absolute Gasteiger partial charge is 0.465 e. The molecule has 0 radical (unpaired) electrons. The number of thiophene rings is 3. The molecule has 0 unspecified atom stereocenters. The molecule has 0 fully saturated rings. The summed E-state index contributed by atoms with van der Waals surface area (Å²) in [6, 6.07) is 13.8.